The van der Waals surface area contributed by atoms with Gasteiger partial charge in [-0.05, 0) is 31.7 Å². The summed E-state index contributed by atoms with van der Waals surface area (Å²) in [5.41, 5.74) is 0.350. The Kier molecular flexibility index (Phi) is 5.78. The van der Waals surface area contributed by atoms with Gasteiger partial charge in [0.1, 0.15) is 11.6 Å². The number of carboxylic acid groups (broad SMARTS) is 1. The Bertz CT molecular complexity index is 921. The van der Waals surface area contributed by atoms with Crippen LogP contribution in [0.3, 0.4) is 0 Å². The maximum absolute atomic E-state index is 13.1. The average molecular weight is 384 g/mol. The quantitative estimate of drug-likeness (QED) is 0.665. The van der Waals surface area contributed by atoms with E-state index in [9.17, 15) is 22.4 Å². The second-order valence-electron chi connectivity index (χ2n) is 5.42. The standard InChI is InChI=1S/C16H17FN2O6S/c1-9-12(7-15(25-9)26(23,24)18-2)16(22)19-13(8-14(20)21)10-3-5-11(17)6-4-10/h3-7,13,18H,8H2,1-2H3,(H,19,22)(H,20,21). The predicted molar refractivity (Wildman–Crippen MR) is 88.6 cm³/mol. The maximum atomic E-state index is 13.1. The number of carbonyl (C=O) groups excluding carboxylic acids is 1. The number of hydrogen-bond donors (Lipinski definition) is 3. The summed E-state index contributed by atoms with van der Waals surface area (Å²) in [6.07, 6.45) is -0.435. The molecule has 1 aromatic heterocycles. The van der Waals surface area contributed by atoms with E-state index in [4.69, 9.17) is 9.52 Å². The van der Waals surface area contributed by atoms with E-state index in [2.05, 4.69) is 10.0 Å². The van der Waals surface area contributed by atoms with Crippen LogP contribution in [0.1, 0.15) is 34.1 Å². The van der Waals surface area contributed by atoms with Gasteiger partial charge in [-0.15, -0.1) is 0 Å². The smallest absolute Gasteiger partial charge is 0.305 e. The number of carboxylic acids is 1. The summed E-state index contributed by atoms with van der Waals surface area (Å²) in [5, 5.41) is 11.1. The lowest BCUT2D eigenvalue weighted by molar-refractivity contribution is -0.137. The van der Waals surface area contributed by atoms with Crippen LogP contribution in [0.5, 0.6) is 0 Å². The third-order valence-electron chi connectivity index (χ3n) is 3.63. The van der Waals surface area contributed by atoms with Crippen LogP contribution in [-0.4, -0.2) is 32.4 Å². The highest BCUT2D eigenvalue weighted by Gasteiger charge is 2.25. The maximum Gasteiger partial charge on any atom is 0.305 e. The van der Waals surface area contributed by atoms with Crippen molar-refractivity contribution in [3.05, 3.63) is 53.0 Å². The van der Waals surface area contributed by atoms with Gasteiger partial charge in [-0.25, -0.2) is 17.5 Å². The van der Waals surface area contributed by atoms with Crippen molar-refractivity contribution in [2.24, 2.45) is 0 Å². The Morgan fingerprint density at radius 1 is 1.27 bits per heavy atom. The lowest BCUT2D eigenvalue weighted by Gasteiger charge is -2.17. The molecule has 0 saturated heterocycles. The van der Waals surface area contributed by atoms with Crippen LogP contribution in [0.2, 0.25) is 0 Å². The number of amides is 1. The van der Waals surface area contributed by atoms with Crippen molar-refractivity contribution in [2.75, 3.05) is 7.05 Å². The van der Waals surface area contributed by atoms with Crippen LogP contribution in [0.15, 0.2) is 39.8 Å². The molecule has 0 bridgehead atoms. The van der Waals surface area contributed by atoms with Crippen LogP contribution >= 0.6 is 0 Å². The fraction of sp³-hybridized carbons (Fsp3) is 0.250. The van der Waals surface area contributed by atoms with E-state index < -0.39 is 45.3 Å². The van der Waals surface area contributed by atoms with E-state index in [1.54, 1.807) is 0 Å². The van der Waals surface area contributed by atoms with E-state index in [-0.39, 0.29) is 11.3 Å². The van der Waals surface area contributed by atoms with Gasteiger partial charge < -0.3 is 14.8 Å². The number of hydrogen-bond acceptors (Lipinski definition) is 5. The van der Waals surface area contributed by atoms with Gasteiger partial charge in [-0.3, -0.25) is 9.59 Å². The number of nitrogens with one attached hydrogen (secondary N) is 2. The number of aliphatic carboxylic acids is 1. The Labute approximate surface area is 149 Å². The molecule has 1 heterocycles. The van der Waals surface area contributed by atoms with Crippen molar-refractivity contribution in [2.45, 2.75) is 24.5 Å². The molecule has 0 aliphatic carbocycles. The molecule has 140 valence electrons. The second-order valence-corrected chi connectivity index (χ2v) is 7.24. The molecular weight excluding hydrogens is 367 g/mol. The fourth-order valence-corrected chi connectivity index (χ4v) is 2.98. The number of benzene rings is 1. The van der Waals surface area contributed by atoms with Gasteiger partial charge in [-0.1, -0.05) is 12.1 Å². The van der Waals surface area contributed by atoms with Gasteiger partial charge in [0.05, 0.1) is 18.0 Å². The Hall–Kier alpha value is -2.72. The summed E-state index contributed by atoms with van der Waals surface area (Å²) in [6.45, 7) is 1.41. The Morgan fingerprint density at radius 2 is 1.88 bits per heavy atom. The lowest BCUT2D eigenvalue weighted by atomic mass is 10.0. The van der Waals surface area contributed by atoms with Gasteiger partial charge in [0.15, 0.2) is 0 Å². The summed E-state index contributed by atoms with van der Waals surface area (Å²) in [6, 6.07) is 5.15. The van der Waals surface area contributed by atoms with Crippen molar-refractivity contribution in [3.63, 3.8) is 0 Å². The highest BCUT2D eigenvalue weighted by Crippen LogP contribution is 2.22. The molecule has 0 saturated carbocycles. The zero-order chi connectivity index (χ0) is 19.5. The van der Waals surface area contributed by atoms with Crippen LogP contribution < -0.4 is 10.0 Å². The molecule has 1 unspecified atom stereocenters. The molecular formula is C16H17FN2O6S. The minimum Gasteiger partial charge on any atom is -0.481 e. The van der Waals surface area contributed by atoms with Gasteiger partial charge in [-0.2, -0.15) is 0 Å². The molecule has 0 aliphatic rings. The van der Waals surface area contributed by atoms with E-state index in [0.717, 1.165) is 18.2 Å². The minimum atomic E-state index is -3.87. The molecule has 3 N–H and O–H groups in total. The second kappa shape index (κ2) is 7.67. The molecule has 26 heavy (non-hydrogen) atoms. The van der Waals surface area contributed by atoms with Crippen LogP contribution in [0.4, 0.5) is 4.39 Å². The Morgan fingerprint density at radius 3 is 2.42 bits per heavy atom. The first kappa shape index (κ1) is 19.6. The predicted octanol–water partition coefficient (Wildman–Crippen LogP) is 1.58. The third kappa shape index (κ3) is 4.46. The fourth-order valence-electron chi connectivity index (χ4n) is 2.27. The monoisotopic (exact) mass is 384 g/mol. The van der Waals surface area contributed by atoms with Gasteiger partial charge in [0.25, 0.3) is 15.9 Å². The summed E-state index contributed by atoms with van der Waals surface area (Å²) < 4.78 is 43.7. The average Bonchev–Trinajstić information content (AvgIpc) is 2.97. The Balaban J connectivity index is 2.30. The van der Waals surface area contributed by atoms with Crippen LogP contribution in [-0.2, 0) is 14.8 Å². The van der Waals surface area contributed by atoms with E-state index in [0.29, 0.717) is 5.56 Å². The minimum absolute atomic E-state index is 0.0451. The molecule has 2 aromatic rings. The first-order valence-electron chi connectivity index (χ1n) is 7.46. The van der Waals surface area contributed by atoms with Crippen molar-refractivity contribution in [1.29, 1.82) is 0 Å². The largest absolute Gasteiger partial charge is 0.481 e. The van der Waals surface area contributed by atoms with Crippen LogP contribution in [0, 0.1) is 12.7 Å². The number of carbonyl (C=O) groups is 2. The number of sulfonamides is 1. The molecule has 0 spiro atoms. The first-order valence-corrected chi connectivity index (χ1v) is 8.94. The first-order chi connectivity index (χ1) is 12.1. The van der Waals surface area contributed by atoms with Crippen molar-refractivity contribution < 1.29 is 31.9 Å². The van der Waals surface area contributed by atoms with Gasteiger partial charge in [0, 0.05) is 6.07 Å². The third-order valence-corrected chi connectivity index (χ3v) is 4.90. The van der Waals surface area contributed by atoms with Gasteiger partial charge >= 0.3 is 5.97 Å². The summed E-state index contributed by atoms with van der Waals surface area (Å²) in [7, 11) is -2.67. The SMILES string of the molecule is CNS(=O)(=O)c1cc(C(=O)NC(CC(=O)O)c2ccc(F)cc2)c(C)o1. The summed E-state index contributed by atoms with van der Waals surface area (Å²) in [5.74, 6) is -2.31. The number of rotatable bonds is 7. The molecule has 1 atom stereocenters. The molecule has 0 fully saturated rings. The highest BCUT2D eigenvalue weighted by molar-refractivity contribution is 7.89. The molecule has 0 aliphatic heterocycles. The van der Waals surface area contributed by atoms with Crippen molar-refractivity contribution in [3.8, 4) is 0 Å². The van der Waals surface area contributed by atoms with E-state index in [1.165, 1.54) is 26.1 Å². The van der Waals surface area contributed by atoms with Crippen LogP contribution in [0.25, 0.3) is 0 Å². The lowest BCUT2D eigenvalue weighted by Crippen LogP contribution is -2.30. The van der Waals surface area contributed by atoms with E-state index >= 15 is 0 Å². The van der Waals surface area contributed by atoms with Gasteiger partial charge in [0.2, 0.25) is 5.09 Å². The number of furan rings is 1. The summed E-state index contributed by atoms with van der Waals surface area (Å²) in [4.78, 5) is 23.6. The topological polar surface area (TPSA) is 126 Å². The zero-order valence-corrected chi connectivity index (χ0v) is 14.8. The molecule has 10 heteroatoms. The molecule has 8 nitrogen and oxygen atoms in total. The number of aryl methyl sites for hydroxylation is 1. The normalized spacial score (nSPS) is 12.6. The summed E-state index contributed by atoms with van der Waals surface area (Å²) >= 11 is 0. The molecule has 1 amide bonds. The highest BCUT2D eigenvalue weighted by atomic mass is 32.2. The zero-order valence-electron chi connectivity index (χ0n) is 13.9. The molecule has 0 radical (unpaired) electrons. The molecule has 2 rings (SSSR count). The van der Waals surface area contributed by atoms with Crippen molar-refractivity contribution >= 4 is 21.9 Å². The number of halogens is 1. The van der Waals surface area contributed by atoms with Crippen molar-refractivity contribution in [1.82, 2.24) is 10.0 Å². The van der Waals surface area contributed by atoms with E-state index in [1.807, 2.05) is 0 Å². The molecule has 1 aromatic carbocycles.